The quantitative estimate of drug-likeness (QED) is 0.223. The van der Waals surface area contributed by atoms with Crippen LogP contribution in [0.25, 0.3) is 32.8 Å². The SMILES string of the molecule is CCCn1c(=O)n(CC(=O)OCc2cc(=O)oc3ccc4ccccc4c23)c2ccccc21. The molecule has 3 aromatic carbocycles. The number of hydrogen-bond acceptors (Lipinski definition) is 5. The lowest BCUT2D eigenvalue weighted by molar-refractivity contribution is -0.145. The zero-order chi connectivity index (χ0) is 22.9. The molecule has 0 radical (unpaired) electrons. The highest BCUT2D eigenvalue weighted by molar-refractivity contribution is 6.07. The Bertz CT molecular complexity index is 1620. The van der Waals surface area contributed by atoms with Crippen LogP contribution in [0.15, 0.2) is 80.7 Å². The van der Waals surface area contributed by atoms with Crippen LogP contribution < -0.4 is 11.3 Å². The molecular formula is C26H22N2O5. The average molecular weight is 442 g/mol. The summed E-state index contributed by atoms with van der Waals surface area (Å²) in [6.45, 7) is 2.25. The van der Waals surface area contributed by atoms with Gasteiger partial charge in [-0.3, -0.25) is 13.9 Å². The molecule has 33 heavy (non-hydrogen) atoms. The highest BCUT2D eigenvalue weighted by atomic mass is 16.5. The van der Waals surface area contributed by atoms with Crippen molar-refractivity contribution in [3.8, 4) is 0 Å². The van der Waals surface area contributed by atoms with Gasteiger partial charge < -0.3 is 9.15 Å². The number of aryl methyl sites for hydroxylation is 1. The zero-order valence-electron chi connectivity index (χ0n) is 18.1. The lowest BCUT2D eigenvalue weighted by Crippen LogP contribution is -2.27. The summed E-state index contributed by atoms with van der Waals surface area (Å²) in [6, 6.07) is 20.1. The van der Waals surface area contributed by atoms with E-state index in [0.717, 1.165) is 28.1 Å². The normalized spacial score (nSPS) is 11.4. The molecule has 0 spiro atoms. The zero-order valence-corrected chi connectivity index (χ0v) is 18.1. The molecule has 0 aliphatic carbocycles. The number of aromatic nitrogens is 2. The third-order valence-corrected chi connectivity index (χ3v) is 5.76. The Kier molecular flexibility index (Phi) is 5.30. The fourth-order valence-corrected chi connectivity index (χ4v) is 4.33. The lowest BCUT2D eigenvalue weighted by atomic mass is 10.0. The van der Waals surface area contributed by atoms with Crippen LogP contribution in [0.5, 0.6) is 0 Å². The van der Waals surface area contributed by atoms with Gasteiger partial charge in [0, 0.05) is 23.6 Å². The highest BCUT2D eigenvalue weighted by Crippen LogP contribution is 2.27. The maximum absolute atomic E-state index is 12.9. The van der Waals surface area contributed by atoms with E-state index in [2.05, 4.69) is 0 Å². The predicted molar refractivity (Wildman–Crippen MR) is 126 cm³/mol. The molecule has 166 valence electrons. The van der Waals surface area contributed by atoms with E-state index in [1.54, 1.807) is 10.6 Å². The first-order valence-electron chi connectivity index (χ1n) is 10.8. The summed E-state index contributed by atoms with van der Waals surface area (Å²) in [4.78, 5) is 37.7. The molecule has 0 aliphatic rings. The molecule has 7 nitrogen and oxygen atoms in total. The van der Waals surface area contributed by atoms with Crippen molar-refractivity contribution >= 4 is 38.7 Å². The molecule has 7 heteroatoms. The number of nitrogens with zero attached hydrogens (tertiary/aromatic N) is 2. The first-order chi connectivity index (χ1) is 16.1. The molecule has 2 heterocycles. The topological polar surface area (TPSA) is 83.4 Å². The Hall–Kier alpha value is -4.13. The van der Waals surface area contributed by atoms with E-state index < -0.39 is 11.6 Å². The summed E-state index contributed by atoms with van der Waals surface area (Å²) in [5.41, 5.74) is 1.72. The van der Waals surface area contributed by atoms with Gasteiger partial charge >= 0.3 is 17.3 Å². The fourth-order valence-electron chi connectivity index (χ4n) is 4.33. The van der Waals surface area contributed by atoms with E-state index >= 15 is 0 Å². The maximum Gasteiger partial charge on any atom is 0.336 e. The van der Waals surface area contributed by atoms with Crippen LogP contribution in [-0.2, 0) is 29.2 Å². The lowest BCUT2D eigenvalue weighted by Gasteiger charge is -2.10. The summed E-state index contributed by atoms with van der Waals surface area (Å²) < 4.78 is 14.0. The van der Waals surface area contributed by atoms with Gasteiger partial charge in [0.25, 0.3) is 0 Å². The second-order valence-electron chi connectivity index (χ2n) is 7.92. The number of imidazole rings is 1. The third kappa shape index (κ3) is 3.71. The number of esters is 1. The van der Waals surface area contributed by atoms with Gasteiger partial charge in [-0.25, -0.2) is 9.59 Å². The van der Waals surface area contributed by atoms with Crippen molar-refractivity contribution in [2.45, 2.75) is 33.0 Å². The molecule has 0 bridgehead atoms. The van der Waals surface area contributed by atoms with Gasteiger partial charge in [-0.15, -0.1) is 0 Å². The largest absolute Gasteiger partial charge is 0.459 e. The number of rotatable bonds is 6. The number of para-hydroxylation sites is 2. The molecule has 5 rings (SSSR count). The Morgan fingerprint density at radius 2 is 1.67 bits per heavy atom. The summed E-state index contributed by atoms with van der Waals surface area (Å²) in [5.74, 6) is -0.557. The number of ether oxygens (including phenoxy) is 1. The number of benzene rings is 3. The molecule has 0 unspecified atom stereocenters. The van der Waals surface area contributed by atoms with Crippen molar-refractivity contribution < 1.29 is 13.9 Å². The Balaban J connectivity index is 1.46. The van der Waals surface area contributed by atoms with E-state index in [0.29, 0.717) is 23.2 Å². The summed E-state index contributed by atoms with van der Waals surface area (Å²) in [7, 11) is 0. The number of fused-ring (bicyclic) bond motifs is 4. The van der Waals surface area contributed by atoms with E-state index in [1.165, 1.54) is 10.6 Å². The van der Waals surface area contributed by atoms with Crippen molar-refractivity contribution in [3.63, 3.8) is 0 Å². The second-order valence-corrected chi connectivity index (χ2v) is 7.92. The van der Waals surface area contributed by atoms with Gasteiger partial charge in [-0.05, 0) is 35.4 Å². The van der Waals surface area contributed by atoms with Crippen LogP contribution in [0.4, 0.5) is 0 Å². The van der Waals surface area contributed by atoms with Gasteiger partial charge in [0.05, 0.1) is 11.0 Å². The standard InChI is InChI=1S/C26H22N2O5/c1-2-13-27-20-9-5-6-10-21(20)28(26(27)31)15-24(30)32-16-18-14-23(29)33-22-12-11-17-7-3-4-8-19(17)25(18)22/h3-12,14H,2,13,15-16H2,1H3. The number of hydrogen-bond donors (Lipinski definition) is 0. The number of carbonyl (C=O) groups is 1. The fraction of sp³-hybridized carbons (Fsp3) is 0.192. The van der Waals surface area contributed by atoms with Crippen LogP contribution in [-0.4, -0.2) is 15.1 Å². The second kappa shape index (κ2) is 8.43. The van der Waals surface area contributed by atoms with Crippen molar-refractivity contribution in [2.24, 2.45) is 0 Å². The van der Waals surface area contributed by atoms with E-state index in [9.17, 15) is 14.4 Å². The molecule has 0 atom stereocenters. The molecule has 0 N–H and O–H groups in total. The molecule has 0 saturated carbocycles. The van der Waals surface area contributed by atoms with Gasteiger partial charge in [0.1, 0.15) is 18.7 Å². The summed E-state index contributed by atoms with van der Waals surface area (Å²) >= 11 is 0. The van der Waals surface area contributed by atoms with E-state index in [4.69, 9.17) is 9.15 Å². The first-order valence-corrected chi connectivity index (χ1v) is 10.8. The van der Waals surface area contributed by atoms with Crippen molar-refractivity contribution in [2.75, 3.05) is 0 Å². The molecule has 2 aromatic heterocycles. The van der Waals surface area contributed by atoms with Crippen molar-refractivity contribution in [3.05, 3.63) is 93.2 Å². The van der Waals surface area contributed by atoms with Crippen molar-refractivity contribution in [1.82, 2.24) is 9.13 Å². The average Bonchev–Trinajstić information content (AvgIpc) is 3.08. The van der Waals surface area contributed by atoms with Crippen LogP contribution in [0.1, 0.15) is 18.9 Å². The van der Waals surface area contributed by atoms with Crippen molar-refractivity contribution in [1.29, 1.82) is 0 Å². The molecule has 0 amide bonds. The molecular weight excluding hydrogens is 420 g/mol. The molecule has 5 aromatic rings. The van der Waals surface area contributed by atoms with Gasteiger partial charge in [0.15, 0.2) is 0 Å². The highest BCUT2D eigenvalue weighted by Gasteiger charge is 2.17. The molecule has 0 fully saturated rings. The van der Waals surface area contributed by atoms with Gasteiger partial charge in [0.2, 0.25) is 0 Å². The predicted octanol–water partition coefficient (Wildman–Crippen LogP) is 4.22. The van der Waals surface area contributed by atoms with Crippen LogP contribution in [0.3, 0.4) is 0 Å². The summed E-state index contributed by atoms with van der Waals surface area (Å²) in [5, 5.41) is 2.63. The van der Waals surface area contributed by atoms with Crippen LogP contribution in [0, 0.1) is 0 Å². The van der Waals surface area contributed by atoms with Crippen LogP contribution >= 0.6 is 0 Å². The minimum Gasteiger partial charge on any atom is -0.459 e. The van der Waals surface area contributed by atoms with E-state index in [-0.39, 0.29) is 18.8 Å². The first kappa shape index (κ1) is 20.8. The van der Waals surface area contributed by atoms with Gasteiger partial charge in [-0.1, -0.05) is 49.4 Å². The third-order valence-electron chi connectivity index (χ3n) is 5.76. The van der Waals surface area contributed by atoms with E-state index in [1.807, 2.05) is 61.5 Å². The Morgan fingerprint density at radius 3 is 2.45 bits per heavy atom. The minimum absolute atomic E-state index is 0.0999. The number of carbonyl (C=O) groups excluding carboxylic acids is 1. The minimum atomic E-state index is -0.557. The Morgan fingerprint density at radius 1 is 0.939 bits per heavy atom. The maximum atomic E-state index is 12.9. The summed E-state index contributed by atoms with van der Waals surface area (Å²) in [6.07, 6.45) is 0.802. The smallest absolute Gasteiger partial charge is 0.336 e. The Labute approximate surface area is 188 Å². The molecule has 0 aliphatic heterocycles. The monoisotopic (exact) mass is 442 g/mol. The molecule has 0 saturated heterocycles. The van der Waals surface area contributed by atoms with Gasteiger partial charge in [-0.2, -0.15) is 0 Å². The van der Waals surface area contributed by atoms with Crippen LogP contribution in [0.2, 0.25) is 0 Å².